The van der Waals surface area contributed by atoms with E-state index in [1.165, 1.54) is 17.2 Å². The molecule has 0 amide bonds. The first-order valence-corrected chi connectivity index (χ1v) is 7.44. The van der Waals surface area contributed by atoms with Crippen LogP contribution in [0.15, 0.2) is 22.8 Å². The van der Waals surface area contributed by atoms with E-state index in [4.69, 9.17) is 0 Å². The van der Waals surface area contributed by atoms with Crippen molar-refractivity contribution in [3.05, 3.63) is 28.5 Å². The van der Waals surface area contributed by atoms with Gasteiger partial charge in [0.15, 0.2) is 0 Å². The van der Waals surface area contributed by atoms with Crippen LogP contribution in [0.5, 0.6) is 0 Å². The SMILES string of the molecule is Brc1ccc(CC2CSCC2Br)nc1. The second-order valence-electron chi connectivity index (χ2n) is 3.49. The molecule has 76 valence electrons. The van der Waals surface area contributed by atoms with Crippen molar-refractivity contribution < 1.29 is 0 Å². The fraction of sp³-hybridized carbons (Fsp3) is 0.500. The molecule has 1 nitrogen and oxygen atoms in total. The van der Waals surface area contributed by atoms with Crippen LogP contribution in [0.25, 0.3) is 0 Å². The van der Waals surface area contributed by atoms with Crippen molar-refractivity contribution >= 4 is 43.6 Å². The Bertz CT molecular complexity index is 301. The normalized spacial score (nSPS) is 26.7. The fourth-order valence-electron chi connectivity index (χ4n) is 1.56. The van der Waals surface area contributed by atoms with Gasteiger partial charge in [-0.15, -0.1) is 0 Å². The zero-order valence-electron chi connectivity index (χ0n) is 7.62. The van der Waals surface area contributed by atoms with E-state index < -0.39 is 0 Å². The number of halogens is 2. The van der Waals surface area contributed by atoms with Crippen LogP contribution in [0.3, 0.4) is 0 Å². The summed E-state index contributed by atoms with van der Waals surface area (Å²) in [5, 5.41) is 0. The van der Waals surface area contributed by atoms with E-state index >= 15 is 0 Å². The average molecular weight is 337 g/mol. The number of aromatic nitrogens is 1. The molecule has 1 aliphatic heterocycles. The Labute approximate surface area is 105 Å². The lowest BCUT2D eigenvalue weighted by Crippen LogP contribution is -2.14. The van der Waals surface area contributed by atoms with Crippen molar-refractivity contribution in [3.63, 3.8) is 0 Å². The number of pyridine rings is 1. The Kier molecular flexibility index (Phi) is 3.91. The van der Waals surface area contributed by atoms with Crippen LogP contribution in [-0.2, 0) is 6.42 Å². The molecule has 0 radical (unpaired) electrons. The summed E-state index contributed by atoms with van der Waals surface area (Å²) in [6, 6.07) is 4.17. The van der Waals surface area contributed by atoms with Gasteiger partial charge >= 0.3 is 0 Å². The molecule has 1 saturated heterocycles. The predicted octanol–water partition coefficient (Wildman–Crippen LogP) is 3.51. The Morgan fingerprint density at radius 2 is 2.29 bits per heavy atom. The molecule has 2 heterocycles. The molecule has 0 aliphatic carbocycles. The van der Waals surface area contributed by atoms with Gasteiger partial charge in [0.1, 0.15) is 0 Å². The lowest BCUT2D eigenvalue weighted by molar-refractivity contribution is 0.606. The quantitative estimate of drug-likeness (QED) is 0.766. The summed E-state index contributed by atoms with van der Waals surface area (Å²) in [5.41, 5.74) is 1.20. The molecule has 4 heteroatoms. The first kappa shape index (κ1) is 11.0. The minimum Gasteiger partial charge on any atom is -0.260 e. The van der Waals surface area contributed by atoms with Gasteiger partial charge in [-0.25, -0.2) is 0 Å². The number of thioether (sulfide) groups is 1. The van der Waals surface area contributed by atoms with Gasteiger partial charge in [0.25, 0.3) is 0 Å². The molecular weight excluding hydrogens is 326 g/mol. The van der Waals surface area contributed by atoms with Crippen molar-refractivity contribution in [2.75, 3.05) is 11.5 Å². The van der Waals surface area contributed by atoms with Crippen molar-refractivity contribution in [2.45, 2.75) is 11.2 Å². The predicted molar refractivity (Wildman–Crippen MR) is 69.2 cm³/mol. The summed E-state index contributed by atoms with van der Waals surface area (Å²) in [5.74, 6) is 3.24. The molecule has 2 atom stereocenters. The Morgan fingerprint density at radius 1 is 1.43 bits per heavy atom. The van der Waals surface area contributed by atoms with Crippen molar-refractivity contribution in [3.8, 4) is 0 Å². The Hall–Kier alpha value is 0.460. The maximum atomic E-state index is 4.40. The molecule has 1 aromatic rings. The zero-order valence-corrected chi connectivity index (χ0v) is 11.6. The lowest BCUT2D eigenvalue weighted by atomic mass is 10.0. The third-order valence-corrected chi connectivity index (χ3v) is 5.61. The molecule has 1 aliphatic rings. The summed E-state index contributed by atoms with van der Waals surface area (Å²) >= 11 is 9.14. The van der Waals surface area contributed by atoms with E-state index in [0.717, 1.165) is 16.8 Å². The van der Waals surface area contributed by atoms with E-state index in [0.29, 0.717) is 4.83 Å². The van der Waals surface area contributed by atoms with Gasteiger partial charge in [0.05, 0.1) is 0 Å². The fourth-order valence-corrected chi connectivity index (χ4v) is 4.26. The number of hydrogen-bond donors (Lipinski definition) is 0. The minimum absolute atomic E-state index is 0.665. The Morgan fingerprint density at radius 3 is 2.86 bits per heavy atom. The van der Waals surface area contributed by atoms with Crippen LogP contribution in [0, 0.1) is 5.92 Å². The molecular formula is C10H11Br2NS. The summed E-state index contributed by atoms with van der Waals surface area (Å²) in [6.07, 6.45) is 2.97. The van der Waals surface area contributed by atoms with Crippen LogP contribution in [0.2, 0.25) is 0 Å². The van der Waals surface area contributed by atoms with E-state index in [2.05, 4.69) is 49.0 Å². The van der Waals surface area contributed by atoms with E-state index in [1.807, 2.05) is 18.0 Å². The highest BCUT2D eigenvalue weighted by Crippen LogP contribution is 2.31. The van der Waals surface area contributed by atoms with Gasteiger partial charge in [-0.1, -0.05) is 15.9 Å². The molecule has 0 bridgehead atoms. The largest absolute Gasteiger partial charge is 0.260 e. The van der Waals surface area contributed by atoms with Gasteiger partial charge in [0, 0.05) is 26.9 Å². The van der Waals surface area contributed by atoms with Crippen molar-refractivity contribution in [2.24, 2.45) is 5.92 Å². The zero-order chi connectivity index (χ0) is 9.97. The van der Waals surface area contributed by atoms with Crippen LogP contribution < -0.4 is 0 Å². The minimum atomic E-state index is 0.665. The van der Waals surface area contributed by atoms with Crippen LogP contribution in [0.1, 0.15) is 5.69 Å². The molecule has 0 saturated carbocycles. The highest BCUT2D eigenvalue weighted by Gasteiger charge is 2.25. The highest BCUT2D eigenvalue weighted by molar-refractivity contribution is 9.10. The topological polar surface area (TPSA) is 12.9 Å². The van der Waals surface area contributed by atoms with Gasteiger partial charge in [0.2, 0.25) is 0 Å². The van der Waals surface area contributed by atoms with Crippen LogP contribution >= 0.6 is 43.6 Å². The molecule has 1 fully saturated rings. The molecule has 14 heavy (non-hydrogen) atoms. The van der Waals surface area contributed by atoms with Gasteiger partial charge in [-0.05, 0) is 46.2 Å². The van der Waals surface area contributed by atoms with E-state index in [-0.39, 0.29) is 0 Å². The molecule has 0 N–H and O–H groups in total. The molecule has 0 spiro atoms. The summed E-state index contributed by atoms with van der Waals surface area (Å²) in [4.78, 5) is 5.06. The van der Waals surface area contributed by atoms with E-state index in [1.54, 1.807) is 0 Å². The number of rotatable bonds is 2. The number of alkyl halides is 1. The maximum Gasteiger partial charge on any atom is 0.0413 e. The van der Waals surface area contributed by atoms with Crippen LogP contribution in [-0.4, -0.2) is 21.3 Å². The Balaban J connectivity index is 2.00. The first-order chi connectivity index (χ1) is 6.75. The summed E-state index contributed by atoms with van der Waals surface area (Å²) < 4.78 is 1.05. The lowest BCUT2D eigenvalue weighted by Gasteiger charge is -2.11. The average Bonchev–Trinajstić information content (AvgIpc) is 2.56. The molecule has 1 aromatic heterocycles. The maximum absolute atomic E-state index is 4.40. The monoisotopic (exact) mass is 335 g/mol. The van der Waals surface area contributed by atoms with Crippen LogP contribution in [0.4, 0.5) is 0 Å². The number of hydrogen-bond acceptors (Lipinski definition) is 2. The summed E-state index contributed by atoms with van der Waals surface area (Å²) in [7, 11) is 0. The van der Waals surface area contributed by atoms with Crippen molar-refractivity contribution in [1.29, 1.82) is 0 Å². The van der Waals surface area contributed by atoms with Gasteiger partial charge < -0.3 is 0 Å². The summed E-state index contributed by atoms with van der Waals surface area (Å²) in [6.45, 7) is 0. The number of nitrogens with zero attached hydrogens (tertiary/aromatic N) is 1. The molecule has 2 unspecified atom stereocenters. The molecule has 0 aromatic carbocycles. The third kappa shape index (κ3) is 2.74. The highest BCUT2D eigenvalue weighted by atomic mass is 79.9. The van der Waals surface area contributed by atoms with Gasteiger partial charge in [-0.2, -0.15) is 11.8 Å². The smallest absolute Gasteiger partial charge is 0.0413 e. The van der Waals surface area contributed by atoms with Crippen molar-refractivity contribution in [1.82, 2.24) is 4.98 Å². The van der Waals surface area contributed by atoms with E-state index in [9.17, 15) is 0 Å². The van der Waals surface area contributed by atoms with Gasteiger partial charge in [-0.3, -0.25) is 4.98 Å². The first-order valence-electron chi connectivity index (χ1n) is 4.58. The standard InChI is InChI=1S/C10H11Br2NS/c11-8-1-2-9(13-4-8)3-7-5-14-6-10(7)12/h1-2,4,7,10H,3,5-6H2. The second-order valence-corrected chi connectivity index (χ2v) is 6.65. The molecule has 2 rings (SSSR count). The third-order valence-electron chi connectivity index (χ3n) is 2.38. The second kappa shape index (κ2) is 4.99.